The van der Waals surface area contributed by atoms with Crippen molar-refractivity contribution in [1.82, 2.24) is 0 Å². The van der Waals surface area contributed by atoms with E-state index in [2.05, 4.69) is 15.9 Å². The van der Waals surface area contributed by atoms with Gasteiger partial charge in [-0.15, -0.1) is 0 Å². The van der Waals surface area contributed by atoms with Crippen LogP contribution in [0.15, 0.2) is 40.9 Å². The number of hydrogen-bond acceptors (Lipinski definition) is 4. The first-order valence-electron chi connectivity index (χ1n) is 6.65. The molecule has 1 heterocycles. The maximum atomic E-state index is 5.93. The van der Waals surface area contributed by atoms with Crippen molar-refractivity contribution in [3.05, 3.63) is 52.0 Å². The zero-order valence-electron chi connectivity index (χ0n) is 11.6. The summed E-state index contributed by atoms with van der Waals surface area (Å²) in [6.45, 7) is 0.950. The molecule has 2 N–H and O–H groups in total. The Labute approximate surface area is 131 Å². The number of methoxy groups -OCH3 is 1. The smallest absolute Gasteiger partial charge is 0.127 e. The predicted molar refractivity (Wildman–Crippen MR) is 83.9 cm³/mol. The van der Waals surface area contributed by atoms with E-state index < -0.39 is 0 Å². The van der Waals surface area contributed by atoms with Crippen molar-refractivity contribution in [3.63, 3.8) is 0 Å². The van der Waals surface area contributed by atoms with E-state index in [9.17, 15) is 0 Å². The highest BCUT2D eigenvalue weighted by Gasteiger charge is 2.20. The highest BCUT2D eigenvalue weighted by molar-refractivity contribution is 9.10. The van der Waals surface area contributed by atoms with Gasteiger partial charge in [-0.25, -0.2) is 0 Å². The van der Waals surface area contributed by atoms with Crippen LogP contribution in [0.5, 0.6) is 17.2 Å². The zero-order valence-corrected chi connectivity index (χ0v) is 13.2. The summed E-state index contributed by atoms with van der Waals surface area (Å²) in [7, 11) is 1.65. The molecule has 5 heteroatoms. The second kappa shape index (κ2) is 5.95. The summed E-state index contributed by atoms with van der Waals surface area (Å²) in [5, 5.41) is 0. The van der Waals surface area contributed by atoms with Crippen molar-refractivity contribution in [3.8, 4) is 17.2 Å². The normalized spacial score (nSPS) is 16.2. The molecule has 0 radical (unpaired) electrons. The van der Waals surface area contributed by atoms with Gasteiger partial charge in [-0.05, 0) is 30.3 Å². The van der Waals surface area contributed by atoms with Crippen LogP contribution in [0.3, 0.4) is 0 Å². The summed E-state index contributed by atoms with van der Waals surface area (Å²) in [5.41, 5.74) is 7.94. The molecule has 0 bridgehead atoms. The van der Waals surface area contributed by atoms with Gasteiger partial charge in [0.2, 0.25) is 0 Å². The van der Waals surface area contributed by atoms with E-state index in [4.69, 9.17) is 19.9 Å². The molecule has 4 nitrogen and oxygen atoms in total. The first kappa shape index (κ1) is 14.2. The molecule has 2 aromatic carbocycles. The highest BCUT2D eigenvalue weighted by atomic mass is 79.9. The van der Waals surface area contributed by atoms with Gasteiger partial charge < -0.3 is 19.9 Å². The van der Waals surface area contributed by atoms with Gasteiger partial charge in [-0.2, -0.15) is 0 Å². The Morgan fingerprint density at radius 3 is 2.95 bits per heavy atom. The van der Waals surface area contributed by atoms with Gasteiger partial charge in [-0.3, -0.25) is 0 Å². The third-order valence-corrected chi connectivity index (χ3v) is 3.93. The summed E-state index contributed by atoms with van der Waals surface area (Å²) in [4.78, 5) is 0. The lowest BCUT2D eigenvalue weighted by Crippen LogP contribution is -2.10. The van der Waals surface area contributed by atoms with Crippen LogP contribution in [0.1, 0.15) is 17.2 Å². The van der Waals surface area contributed by atoms with E-state index in [0.29, 0.717) is 13.2 Å². The SMILES string of the molecule is COc1ccc(Br)cc1COc1ccc2c(c1)OCC2N. The molecular formula is C16H16BrNO3. The highest BCUT2D eigenvalue weighted by Crippen LogP contribution is 2.34. The lowest BCUT2D eigenvalue weighted by molar-refractivity contribution is 0.293. The summed E-state index contributed by atoms with van der Waals surface area (Å²) in [6.07, 6.45) is 0. The summed E-state index contributed by atoms with van der Waals surface area (Å²) >= 11 is 3.45. The topological polar surface area (TPSA) is 53.7 Å². The van der Waals surface area contributed by atoms with Gasteiger partial charge in [0.1, 0.15) is 30.5 Å². The first-order valence-corrected chi connectivity index (χ1v) is 7.44. The Balaban J connectivity index is 1.75. The fourth-order valence-electron chi connectivity index (χ4n) is 2.33. The van der Waals surface area contributed by atoms with Gasteiger partial charge in [0.15, 0.2) is 0 Å². The number of rotatable bonds is 4. The largest absolute Gasteiger partial charge is 0.496 e. The van der Waals surface area contributed by atoms with Gasteiger partial charge in [0.05, 0.1) is 13.2 Å². The van der Waals surface area contributed by atoms with Crippen LogP contribution in [0.25, 0.3) is 0 Å². The van der Waals surface area contributed by atoms with E-state index in [-0.39, 0.29) is 6.04 Å². The van der Waals surface area contributed by atoms with Crippen LogP contribution in [0.2, 0.25) is 0 Å². The minimum absolute atomic E-state index is 0.0424. The third kappa shape index (κ3) is 2.99. The molecule has 110 valence electrons. The van der Waals surface area contributed by atoms with Crippen LogP contribution in [-0.4, -0.2) is 13.7 Å². The number of nitrogens with two attached hydrogens (primary N) is 1. The molecule has 0 aromatic heterocycles. The monoisotopic (exact) mass is 349 g/mol. The fraction of sp³-hybridized carbons (Fsp3) is 0.250. The van der Waals surface area contributed by atoms with E-state index in [0.717, 1.165) is 32.8 Å². The molecule has 0 aliphatic carbocycles. The van der Waals surface area contributed by atoms with Gasteiger partial charge in [0, 0.05) is 21.7 Å². The van der Waals surface area contributed by atoms with Crippen molar-refractivity contribution >= 4 is 15.9 Å². The van der Waals surface area contributed by atoms with Crippen molar-refractivity contribution in [1.29, 1.82) is 0 Å². The van der Waals surface area contributed by atoms with Gasteiger partial charge in [0.25, 0.3) is 0 Å². The molecule has 1 unspecified atom stereocenters. The Kier molecular flexibility index (Phi) is 4.03. The van der Waals surface area contributed by atoms with E-state index in [1.807, 2.05) is 36.4 Å². The molecule has 3 rings (SSSR count). The Bertz CT molecular complexity index is 660. The average molecular weight is 350 g/mol. The first-order chi connectivity index (χ1) is 10.2. The standard InChI is InChI=1S/C16H16BrNO3/c1-19-15-5-2-11(17)6-10(15)8-20-12-3-4-13-14(18)9-21-16(13)7-12/h2-7,14H,8-9,18H2,1H3. The minimum atomic E-state index is -0.0424. The van der Waals surface area contributed by atoms with Crippen LogP contribution in [-0.2, 0) is 6.61 Å². The van der Waals surface area contributed by atoms with Crippen LogP contribution < -0.4 is 19.9 Å². The van der Waals surface area contributed by atoms with E-state index >= 15 is 0 Å². The maximum absolute atomic E-state index is 5.93. The lowest BCUT2D eigenvalue weighted by atomic mass is 10.1. The zero-order chi connectivity index (χ0) is 14.8. The van der Waals surface area contributed by atoms with Crippen LogP contribution in [0, 0.1) is 0 Å². The Morgan fingerprint density at radius 2 is 2.14 bits per heavy atom. The summed E-state index contributed by atoms with van der Waals surface area (Å²) < 4.78 is 17.7. The lowest BCUT2D eigenvalue weighted by Gasteiger charge is -2.11. The molecule has 1 aliphatic rings. The van der Waals surface area contributed by atoms with Gasteiger partial charge in [-0.1, -0.05) is 15.9 Å². The van der Waals surface area contributed by atoms with Crippen molar-refractivity contribution < 1.29 is 14.2 Å². The van der Waals surface area contributed by atoms with Crippen molar-refractivity contribution in [2.24, 2.45) is 5.73 Å². The maximum Gasteiger partial charge on any atom is 0.127 e. The molecule has 21 heavy (non-hydrogen) atoms. The number of fused-ring (bicyclic) bond motifs is 1. The molecule has 0 fully saturated rings. The van der Waals surface area contributed by atoms with Gasteiger partial charge >= 0.3 is 0 Å². The molecule has 0 spiro atoms. The molecule has 1 aliphatic heterocycles. The third-order valence-electron chi connectivity index (χ3n) is 3.44. The van der Waals surface area contributed by atoms with Crippen LogP contribution >= 0.6 is 15.9 Å². The summed E-state index contributed by atoms with van der Waals surface area (Å²) in [5.74, 6) is 2.36. The molecule has 0 saturated carbocycles. The predicted octanol–water partition coefficient (Wildman–Crippen LogP) is 3.43. The van der Waals surface area contributed by atoms with E-state index in [1.54, 1.807) is 7.11 Å². The number of benzene rings is 2. The van der Waals surface area contributed by atoms with Crippen LogP contribution in [0.4, 0.5) is 0 Å². The second-order valence-corrected chi connectivity index (χ2v) is 5.78. The quantitative estimate of drug-likeness (QED) is 0.918. The van der Waals surface area contributed by atoms with Crippen molar-refractivity contribution in [2.45, 2.75) is 12.6 Å². The number of halogens is 1. The fourth-order valence-corrected chi connectivity index (χ4v) is 2.73. The number of ether oxygens (including phenoxy) is 3. The molecule has 0 amide bonds. The number of hydrogen-bond donors (Lipinski definition) is 1. The second-order valence-electron chi connectivity index (χ2n) is 4.86. The molecule has 2 aromatic rings. The molecule has 1 atom stereocenters. The van der Waals surface area contributed by atoms with E-state index in [1.165, 1.54) is 0 Å². The van der Waals surface area contributed by atoms with Crippen molar-refractivity contribution in [2.75, 3.05) is 13.7 Å². The Hall–Kier alpha value is -1.72. The molecular weight excluding hydrogens is 334 g/mol. The molecule has 0 saturated heterocycles. The summed E-state index contributed by atoms with van der Waals surface area (Å²) in [6, 6.07) is 11.5. The Morgan fingerprint density at radius 1 is 1.29 bits per heavy atom. The minimum Gasteiger partial charge on any atom is -0.496 e. The average Bonchev–Trinajstić information content (AvgIpc) is 2.86.